The molecule has 1 aliphatic carbocycles. The summed E-state index contributed by atoms with van der Waals surface area (Å²) in [5.74, 6) is 0.928. The molecule has 150 valence electrons. The highest BCUT2D eigenvalue weighted by atomic mass is 16.2. The van der Waals surface area contributed by atoms with Crippen LogP contribution in [0.1, 0.15) is 52.9 Å². The van der Waals surface area contributed by atoms with Gasteiger partial charge in [0.15, 0.2) is 0 Å². The summed E-state index contributed by atoms with van der Waals surface area (Å²) in [7, 11) is 0. The molecule has 2 atom stereocenters. The van der Waals surface area contributed by atoms with Gasteiger partial charge in [0, 0.05) is 44.2 Å². The number of urea groups is 1. The zero-order valence-electron chi connectivity index (χ0n) is 16.7. The number of piperidine rings is 2. The van der Waals surface area contributed by atoms with E-state index in [0.29, 0.717) is 50.7 Å². The highest BCUT2D eigenvalue weighted by Gasteiger charge is 2.54. The molecule has 0 radical (unpaired) electrons. The van der Waals surface area contributed by atoms with Crippen molar-refractivity contribution in [2.75, 3.05) is 26.2 Å². The lowest BCUT2D eigenvalue weighted by Crippen LogP contribution is -2.56. The smallest absolute Gasteiger partial charge is 0.325 e. The van der Waals surface area contributed by atoms with Gasteiger partial charge in [0.1, 0.15) is 5.54 Å². The third-order valence-corrected chi connectivity index (χ3v) is 7.14. The number of likely N-dealkylation sites (tertiary alicyclic amines) is 2. The lowest BCUT2D eigenvalue weighted by molar-refractivity contribution is -0.137. The molecule has 4 fully saturated rings. The molecule has 0 unspecified atom stereocenters. The molecule has 7 nitrogen and oxygen atoms in total. The predicted octanol–water partition coefficient (Wildman–Crippen LogP) is 1.43. The largest absolute Gasteiger partial charge is 0.342 e. The van der Waals surface area contributed by atoms with E-state index in [9.17, 15) is 14.4 Å². The molecular weight excluding hydrogens is 344 g/mol. The van der Waals surface area contributed by atoms with E-state index in [1.807, 2.05) is 4.90 Å². The number of hydrogen-bond acceptors (Lipinski definition) is 4. The van der Waals surface area contributed by atoms with Crippen LogP contribution in [0, 0.1) is 11.8 Å². The molecule has 7 heteroatoms. The maximum Gasteiger partial charge on any atom is 0.325 e. The van der Waals surface area contributed by atoms with Crippen molar-refractivity contribution in [1.82, 2.24) is 20.0 Å². The molecule has 3 aliphatic heterocycles. The Bertz CT molecular complexity index is 633. The number of carbonyl (C=O) groups is 3. The molecule has 1 saturated carbocycles. The summed E-state index contributed by atoms with van der Waals surface area (Å²) in [4.78, 5) is 44.0. The fourth-order valence-electron chi connectivity index (χ4n) is 4.98. The van der Waals surface area contributed by atoms with Crippen LogP contribution in [-0.4, -0.2) is 76.3 Å². The molecule has 0 aromatic rings. The summed E-state index contributed by atoms with van der Waals surface area (Å²) >= 11 is 0. The zero-order valence-corrected chi connectivity index (χ0v) is 16.7. The standard InChI is InChI=1S/C20H32N4O3/c1-13(2)22-10-6-20(7-11-22)18(26)24(19(27)21-20)15-4-8-23(9-5-15)17(25)16-12-14(16)3/h13-16H,4-12H2,1-3H3,(H,21,27)/t14-,16-/m0/s1. The number of nitrogens with zero attached hydrogens (tertiary/aromatic N) is 3. The van der Waals surface area contributed by atoms with Gasteiger partial charge in [-0.3, -0.25) is 14.5 Å². The van der Waals surface area contributed by atoms with E-state index < -0.39 is 5.54 Å². The number of nitrogens with one attached hydrogen (secondary N) is 1. The molecule has 27 heavy (non-hydrogen) atoms. The summed E-state index contributed by atoms with van der Waals surface area (Å²) in [6.07, 6.45) is 3.76. The van der Waals surface area contributed by atoms with E-state index in [1.165, 1.54) is 4.90 Å². The van der Waals surface area contributed by atoms with Crippen molar-refractivity contribution < 1.29 is 14.4 Å². The second-order valence-electron chi connectivity index (χ2n) is 9.19. The Kier molecular flexibility index (Phi) is 4.69. The highest BCUT2D eigenvalue weighted by Crippen LogP contribution is 2.40. The van der Waals surface area contributed by atoms with Crippen molar-refractivity contribution in [2.24, 2.45) is 11.8 Å². The Morgan fingerprint density at radius 3 is 2.22 bits per heavy atom. The van der Waals surface area contributed by atoms with E-state index in [-0.39, 0.29) is 29.8 Å². The average molecular weight is 377 g/mol. The monoisotopic (exact) mass is 376 g/mol. The maximum absolute atomic E-state index is 13.2. The van der Waals surface area contributed by atoms with Crippen molar-refractivity contribution in [2.45, 2.75) is 70.5 Å². The van der Waals surface area contributed by atoms with E-state index in [1.54, 1.807) is 0 Å². The highest BCUT2D eigenvalue weighted by molar-refractivity contribution is 6.07. The van der Waals surface area contributed by atoms with Gasteiger partial charge >= 0.3 is 6.03 Å². The van der Waals surface area contributed by atoms with Crippen LogP contribution in [0.15, 0.2) is 0 Å². The molecule has 3 saturated heterocycles. The Balaban J connectivity index is 1.37. The summed E-state index contributed by atoms with van der Waals surface area (Å²) in [6.45, 7) is 9.42. The third-order valence-electron chi connectivity index (χ3n) is 7.14. The molecular formula is C20H32N4O3. The van der Waals surface area contributed by atoms with Crippen molar-refractivity contribution >= 4 is 17.8 Å². The number of hydrogen-bond donors (Lipinski definition) is 1. The van der Waals surface area contributed by atoms with Crippen molar-refractivity contribution in [3.63, 3.8) is 0 Å². The van der Waals surface area contributed by atoms with Crippen LogP contribution in [0.5, 0.6) is 0 Å². The van der Waals surface area contributed by atoms with Gasteiger partial charge in [-0.05, 0) is 51.9 Å². The summed E-state index contributed by atoms with van der Waals surface area (Å²) < 4.78 is 0. The van der Waals surface area contributed by atoms with Gasteiger partial charge in [-0.1, -0.05) is 6.92 Å². The minimum absolute atomic E-state index is 0.0449. The van der Waals surface area contributed by atoms with Crippen LogP contribution < -0.4 is 5.32 Å². The fraction of sp³-hybridized carbons (Fsp3) is 0.850. The SMILES string of the molecule is CC(C)N1CCC2(CC1)NC(=O)N(C1CCN(C(=O)[C@H]3C[C@@H]3C)CC1)C2=O. The molecule has 0 aromatic heterocycles. The van der Waals surface area contributed by atoms with E-state index in [4.69, 9.17) is 0 Å². The summed E-state index contributed by atoms with van der Waals surface area (Å²) in [6, 6.07) is 0.140. The van der Waals surface area contributed by atoms with Gasteiger partial charge in [0.2, 0.25) is 5.91 Å². The predicted molar refractivity (Wildman–Crippen MR) is 101 cm³/mol. The van der Waals surface area contributed by atoms with Crippen LogP contribution in [0.25, 0.3) is 0 Å². The van der Waals surface area contributed by atoms with Gasteiger partial charge in [-0.15, -0.1) is 0 Å². The van der Waals surface area contributed by atoms with E-state index >= 15 is 0 Å². The molecule has 0 aromatic carbocycles. The molecule has 4 amide bonds. The quantitative estimate of drug-likeness (QED) is 0.757. The van der Waals surface area contributed by atoms with Gasteiger partial charge < -0.3 is 15.1 Å². The van der Waals surface area contributed by atoms with Crippen molar-refractivity contribution in [1.29, 1.82) is 0 Å². The first-order valence-electron chi connectivity index (χ1n) is 10.5. The maximum atomic E-state index is 13.2. The average Bonchev–Trinajstić information content (AvgIpc) is 3.33. The summed E-state index contributed by atoms with van der Waals surface area (Å²) in [5.41, 5.74) is -0.709. The molecule has 3 heterocycles. The first-order valence-corrected chi connectivity index (χ1v) is 10.5. The minimum atomic E-state index is -0.709. The molecule has 0 bridgehead atoms. The number of rotatable bonds is 3. The van der Waals surface area contributed by atoms with Crippen LogP contribution >= 0.6 is 0 Å². The first-order chi connectivity index (χ1) is 12.8. The Morgan fingerprint density at radius 1 is 1.11 bits per heavy atom. The normalized spacial score (nSPS) is 31.7. The topological polar surface area (TPSA) is 73.0 Å². The lowest BCUT2D eigenvalue weighted by atomic mass is 9.86. The summed E-state index contributed by atoms with van der Waals surface area (Å²) in [5, 5.41) is 3.02. The number of imide groups is 1. The van der Waals surface area contributed by atoms with Gasteiger partial charge in [0.25, 0.3) is 5.91 Å². The Morgan fingerprint density at radius 2 is 1.70 bits per heavy atom. The molecule has 4 rings (SSSR count). The van der Waals surface area contributed by atoms with E-state index in [2.05, 4.69) is 31.0 Å². The van der Waals surface area contributed by atoms with Crippen molar-refractivity contribution in [3.8, 4) is 0 Å². The first kappa shape index (κ1) is 18.7. The second kappa shape index (κ2) is 6.76. The van der Waals surface area contributed by atoms with E-state index in [0.717, 1.165) is 19.5 Å². The van der Waals surface area contributed by atoms with Gasteiger partial charge in [-0.2, -0.15) is 0 Å². The molecule has 1 N–H and O–H groups in total. The fourth-order valence-corrected chi connectivity index (χ4v) is 4.98. The Labute approximate surface area is 161 Å². The van der Waals surface area contributed by atoms with Crippen LogP contribution in [0.3, 0.4) is 0 Å². The minimum Gasteiger partial charge on any atom is -0.342 e. The van der Waals surface area contributed by atoms with Gasteiger partial charge in [0.05, 0.1) is 0 Å². The third kappa shape index (κ3) is 3.24. The second-order valence-corrected chi connectivity index (χ2v) is 9.19. The van der Waals surface area contributed by atoms with Crippen LogP contribution in [-0.2, 0) is 9.59 Å². The van der Waals surface area contributed by atoms with Crippen molar-refractivity contribution in [3.05, 3.63) is 0 Å². The number of carbonyl (C=O) groups excluding carboxylic acids is 3. The van der Waals surface area contributed by atoms with Gasteiger partial charge in [-0.25, -0.2) is 4.79 Å². The van der Waals surface area contributed by atoms with Crippen LogP contribution in [0.4, 0.5) is 4.79 Å². The zero-order chi connectivity index (χ0) is 19.3. The lowest BCUT2D eigenvalue weighted by Gasteiger charge is -2.40. The molecule has 1 spiro atoms. The Hall–Kier alpha value is -1.63. The number of amides is 4. The molecule has 4 aliphatic rings. The van der Waals surface area contributed by atoms with Crippen LogP contribution in [0.2, 0.25) is 0 Å².